The third-order valence-corrected chi connectivity index (χ3v) is 11.7. The molecule has 334 valence electrons. The maximum Gasteiger partial charge on any atom is 0.259 e. The van der Waals surface area contributed by atoms with E-state index in [0.717, 1.165) is 83.5 Å². The summed E-state index contributed by atoms with van der Waals surface area (Å²) in [6, 6.07) is 19.1. The number of rotatable bonds is 17. The van der Waals surface area contributed by atoms with Gasteiger partial charge in [0.2, 0.25) is 11.6 Å². The highest BCUT2D eigenvalue weighted by Gasteiger charge is 2.33. The smallest absolute Gasteiger partial charge is 0.259 e. The van der Waals surface area contributed by atoms with Crippen LogP contribution >= 0.6 is 23.2 Å². The van der Waals surface area contributed by atoms with Crippen molar-refractivity contribution in [1.82, 2.24) is 25.3 Å². The lowest BCUT2D eigenvalue weighted by Crippen LogP contribution is -2.55. The van der Waals surface area contributed by atoms with E-state index in [-0.39, 0.29) is 26.4 Å². The number of pyridine rings is 1. The third kappa shape index (κ3) is 10.1. The monoisotopic (exact) mass is 901 g/mol. The number of hydrogen-bond acceptors (Lipinski definition) is 16. The Hall–Kier alpha value is -5.17. The van der Waals surface area contributed by atoms with Gasteiger partial charge in [-0.05, 0) is 73.2 Å². The van der Waals surface area contributed by atoms with Gasteiger partial charge in [-0.3, -0.25) is 4.98 Å². The highest BCUT2D eigenvalue weighted by Crippen LogP contribution is 2.40. The van der Waals surface area contributed by atoms with Gasteiger partial charge in [0, 0.05) is 66.1 Å². The topological polar surface area (TPSA) is 239 Å². The first kappa shape index (κ1) is 45.8. The molecule has 0 aliphatic carbocycles. The Balaban J connectivity index is 0.000000190. The Morgan fingerprint density at radius 2 is 1.21 bits per heavy atom. The number of benzene rings is 3. The summed E-state index contributed by atoms with van der Waals surface area (Å²) in [5, 5.41) is 47.3. The summed E-state index contributed by atoms with van der Waals surface area (Å²) in [5.74, 6) is 2.15. The van der Waals surface area contributed by atoms with Crippen molar-refractivity contribution in [3.63, 3.8) is 0 Å². The number of aliphatic hydroxyl groups is 4. The maximum absolute atomic E-state index is 9.57. The number of anilines is 2. The molecule has 0 spiro atoms. The van der Waals surface area contributed by atoms with E-state index in [9.17, 15) is 20.4 Å². The molecule has 3 aromatic heterocycles. The molecule has 18 heteroatoms. The van der Waals surface area contributed by atoms with Gasteiger partial charge < -0.3 is 55.5 Å². The van der Waals surface area contributed by atoms with E-state index in [2.05, 4.69) is 42.0 Å². The first-order chi connectivity index (χ1) is 30.4. The van der Waals surface area contributed by atoms with Gasteiger partial charge in [0.25, 0.3) is 11.8 Å². The van der Waals surface area contributed by atoms with Crippen LogP contribution < -0.4 is 26.0 Å². The van der Waals surface area contributed by atoms with Crippen LogP contribution in [0.1, 0.15) is 43.5 Å². The summed E-state index contributed by atoms with van der Waals surface area (Å²) >= 11 is 12.7. The number of aromatic nitrogens is 5. The van der Waals surface area contributed by atoms with Gasteiger partial charge in [-0.15, -0.1) is 0 Å². The Kier molecular flexibility index (Phi) is 14.6. The van der Waals surface area contributed by atoms with Crippen molar-refractivity contribution in [2.45, 2.75) is 57.0 Å². The molecule has 2 aliphatic heterocycles. The van der Waals surface area contributed by atoms with Crippen LogP contribution in [0.2, 0.25) is 10.0 Å². The van der Waals surface area contributed by atoms with Gasteiger partial charge in [0.1, 0.15) is 0 Å². The van der Waals surface area contributed by atoms with Gasteiger partial charge in [-0.1, -0.05) is 78.0 Å². The van der Waals surface area contributed by atoms with E-state index in [4.69, 9.17) is 48.5 Å². The zero-order chi connectivity index (χ0) is 44.7. The van der Waals surface area contributed by atoms with E-state index in [1.54, 1.807) is 18.3 Å². The first-order valence-corrected chi connectivity index (χ1v) is 21.7. The number of hydrogen-bond donors (Lipinski definition) is 6. The molecule has 2 aliphatic rings. The van der Waals surface area contributed by atoms with Crippen LogP contribution in [-0.4, -0.2) is 116 Å². The third-order valence-electron chi connectivity index (χ3n) is 11.1. The fourth-order valence-electron chi connectivity index (χ4n) is 7.69. The fourth-order valence-corrected chi connectivity index (χ4v) is 8.29. The fraction of sp³-hybridized carbons (Fsp3) is 0.400. The number of fused-ring (bicyclic) bond motifs is 2. The summed E-state index contributed by atoms with van der Waals surface area (Å²) < 4.78 is 16.6. The Morgan fingerprint density at radius 3 is 1.65 bits per heavy atom. The van der Waals surface area contributed by atoms with Crippen LogP contribution in [-0.2, 0) is 19.3 Å². The molecule has 8 N–H and O–H groups in total. The number of halogens is 2. The molecule has 8 rings (SSSR count). The highest BCUT2D eigenvalue weighted by atomic mass is 35.5. The van der Waals surface area contributed by atoms with E-state index < -0.39 is 11.1 Å². The van der Waals surface area contributed by atoms with Gasteiger partial charge in [-0.2, -0.15) is 9.97 Å². The lowest BCUT2D eigenvalue weighted by atomic mass is 10.0. The molecule has 0 atom stereocenters. The molecule has 3 aromatic carbocycles. The maximum atomic E-state index is 9.57. The molecule has 0 amide bonds. The van der Waals surface area contributed by atoms with Crippen molar-refractivity contribution in [2.75, 3.05) is 69.0 Å². The minimum absolute atomic E-state index is 0.283. The van der Waals surface area contributed by atoms with Crippen molar-refractivity contribution < 1.29 is 34.2 Å². The molecule has 5 heterocycles. The quantitative estimate of drug-likeness (QED) is 0.0677. The highest BCUT2D eigenvalue weighted by molar-refractivity contribution is 6.37. The molecule has 0 bridgehead atoms. The predicted octanol–water partition coefficient (Wildman–Crippen LogP) is 5.34. The Labute approximate surface area is 375 Å². The summed E-state index contributed by atoms with van der Waals surface area (Å²) in [6.45, 7) is 5.61. The standard InChI is InChI=1S/C23H26Cl2N4O4.C22H27N5O3/c1-2-8-32-20-17(24)9-14(10-18(20)25)22-27-21(28-33-22)16-4-3-5-19-15(16)6-7-29(19)11-23(26,12-30)13-31;1-2-4-16-8-7-15(11-24-16)21-25-20(26-30-21)18-5-3-6-19-17(18)9-10-27(19)12-22(23,13-28)14-29/h3-5,9-10,30-31H,2,6-8,11-13,26H2,1H3;3,5-8,11,28-29H,2,4,9-10,12-14,23H2,1H3. The summed E-state index contributed by atoms with van der Waals surface area (Å²) in [5.41, 5.74) is 18.4. The van der Waals surface area contributed by atoms with Crippen molar-refractivity contribution in [2.24, 2.45) is 11.5 Å². The van der Waals surface area contributed by atoms with E-state index >= 15 is 0 Å². The van der Waals surface area contributed by atoms with Crippen LogP contribution in [0.3, 0.4) is 0 Å². The number of aliphatic hydroxyl groups excluding tert-OH is 4. The second-order valence-corrected chi connectivity index (χ2v) is 16.9. The van der Waals surface area contributed by atoms with Crippen LogP contribution in [0.5, 0.6) is 5.75 Å². The van der Waals surface area contributed by atoms with Gasteiger partial charge in [0.05, 0.1) is 59.7 Å². The Morgan fingerprint density at radius 1 is 0.698 bits per heavy atom. The van der Waals surface area contributed by atoms with Crippen LogP contribution in [0.4, 0.5) is 11.4 Å². The largest absolute Gasteiger partial charge is 0.490 e. The predicted molar refractivity (Wildman–Crippen MR) is 242 cm³/mol. The lowest BCUT2D eigenvalue weighted by molar-refractivity contribution is 0.125. The number of aryl methyl sites for hydroxylation is 1. The number of ether oxygens (including phenoxy) is 1. The normalized spacial score (nSPS) is 13.6. The average molecular weight is 903 g/mol. The summed E-state index contributed by atoms with van der Waals surface area (Å²) in [4.78, 5) is 17.8. The summed E-state index contributed by atoms with van der Waals surface area (Å²) in [6.07, 6.45) is 6.16. The molecule has 0 unspecified atom stereocenters. The molecular weight excluding hydrogens is 849 g/mol. The molecular formula is C45H53Cl2N9O7. The minimum atomic E-state index is -1.08. The molecule has 0 saturated carbocycles. The second-order valence-electron chi connectivity index (χ2n) is 16.1. The van der Waals surface area contributed by atoms with Gasteiger partial charge in [-0.25, -0.2) is 0 Å². The lowest BCUT2D eigenvalue weighted by Gasteiger charge is -2.31. The molecule has 0 radical (unpaired) electrons. The van der Waals surface area contributed by atoms with Crippen LogP contribution in [0, 0.1) is 0 Å². The second kappa shape index (κ2) is 20.1. The minimum Gasteiger partial charge on any atom is -0.490 e. The SMILES string of the molecule is CCCOc1c(Cl)cc(-c2nc(-c3cccc4c3CCN4CC(N)(CO)CO)no2)cc1Cl.CCCc1ccc(-c2nc(-c3cccc4c3CCN4CC(N)(CO)CO)no2)cn1. The first-order valence-electron chi connectivity index (χ1n) is 21.0. The van der Waals surface area contributed by atoms with Crippen LogP contribution in [0.15, 0.2) is 75.9 Å². The van der Waals surface area contributed by atoms with Crippen molar-refractivity contribution in [3.8, 4) is 51.4 Å². The molecule has 63 heavy (non-hydrogen) atoms. The van der Waals surface area contributed by atoms with E-state index in [1.165, 1.54) is 0 Å². The van der Waals surface area contributed by atoms with E-state index in [0.29, 0.717) is 71.0 Å². The number of nitrogens with zero attached hydrogens (tertiary/aromatic N) is 7. The number of nitrogens with two attached hydrogens (primary N) is 2. The molecule has 6 aromatic rings. The average Bonchev–Trinajstić information content (AvgIpc) is 4.14. The zero-order valence-corrected chi connectivity index (χ0v) is 36.8. The molecule has 16 nitrogen and oxygen atoms in total. The van der Waals surface area contributed by atoms with Crippen molar-refractivity contribution >= 4 is 34.6 Å². The van der Waals surface area contributed by atoms with Gasteiger partial charge >= 0.3 is 0 Å². The zero-order valence-electron chi connectivity index (χ0n) is 35.3. The van der Waals surface area contributed by atoms with Crippen molar-refractivity contribution in [3.05, 3.63) is 93.7 Å². The molecule has 0 fully saturated rings. The molecule has 0 saturated heterocycles. The summed E-state index contributed by atoms with van der Waals surface area (Å²) in [7, 11) is 0. The van der Waals surface area contributed by atoms with E-state index in [1.807, 2.05) is 55.5 Å². The van der Waals surface area contributed by atoms with Crippen LogP contribution in [0.25, 0.3) is 45.7 Å². The van der Waals surface area contributed by atoms with Gasteiger partial charge in [0.15, 0.2) is 5.75 Å². The van der Waals surface area contributed by atoms with Crippen molar-refractivity contribution in [1.29, 1.82) is 0 Å². The Bertz CT molecular complexity index is 2450.